The van der Waals surface area contributed by atoms with Gasteiger partial charge in [0.05, 0.1) is 23.6 Å². The molecule has 4 rings (SSSR count). The summed E-state index contributed by atoms with van der Waals surface area (Å²) in [5.41, 5.74) is 2.54. The van der Waals surface area contributed by atoms with E-state index in [0.29, 0.717) is 48.4 Å². The lowest BCUT2D eigenvalue weighted by molar-refractivity contribution is 0.0673. The second-order valence-corrected chi connectivity index (χ2v) is 7.46. The maximum absolute atomic E-state index is 12.8. The number of halogens is 1. The number of ether oxygens (including phenoxy) is 1. The fourth-order valence-corrected chi connectivity index (χ4v) is 3.70. The number of hydrogen-bond acceptors (Lipinski definition) is 4. The lowest BCUT2D eigenvalue weighted by atomic mass is 10.2. The second-order valence-electron chi connectivity index (χ2n) is 7.06. The Labute approximate surface area is 173 Å². The molecule has 0 unspecified atom stereocenters. The molecule has 0 aliphatic carbocycles. The molecule has 3 heterocycles. The fourth-order valence-electron chi connectivity index (χ4n) is 3.41. The summed E-state index contributed by atoms with van der Waals surface area (Å²) in [5.74, 6) is 0.416. The quantitative estimate of drug-likeness (QED) is 0.646. The van der Waals surface area contributed by atoms with Gasteiger partial charge >= 0.3 is 0 Å². The van der Waals surface area contributed by atoms with Crippen LogP contribution in [0, 0.1) is 13.8 Å². The van der Waals surface area contributed by atoms with Gasteiger partial charge in [-0.25, -0.2) is 4.98 Å². The van der Waals surface area contributed by atoms with Crippen LogP contribution in [0.25, 0.3) is 5.69 Å². The summed E-state index contributed by atoms with van der Waals surface area (Å²) >= 11 is 6.18. The first-order valence-electron chi connectivity index (χ1n) is 9.37. The van der Waals surface area contributed by atoms with Crippen molar-refractivity contribution in [3.8, 4) is 11.4 Å². The third-order valence-corrected chi connectivity index (χ3v) is 5.25. The van der Waals surface area contributed by atoms with E-state index in [4.69, 9.17) is 16.3 Å². The lowest BCUT2D eigenvalue weighted by Gasteiger charge is -2.29. The van der Waals surface area contributed by atoms with Crippen LogP contribution in [0.5, 0.6) is 5.75 Å². The summed E-state index contributed by atoms with van der Waals surface area (Å²) in [4.78, 5) is 31.5. The summed E-state index contributed by atoms with van der Waals surface area (Å²) in [6, 6.07) is 8.95. The fraction of sp³-hybridized carbons (Fsp3) is 0.286. The van der Waals surface area contributed by atoms with E-state index in [9.17, 15) is 9.59 Å². The number of aryl methyl sites for hydroxylation is 2. The highest BCUT2D eigenvalue weighted by molar-refractivity contribution is 6.32. The molecule has 8 heteroatoms. The molecule has 0 radical (unpaired) electrons. The predicted octanol–water partition coefficient (Wildman–Crippen LogP) is 2.84. The van der Waals surface area contributed by atoms with Crippen molar-refractivity contribution >= 4 is 17.5 Å². The van der Waals surface area contributed by atoms with Gasteiger partial charge in [-0.3, -0.25) is 9.59 Å². The highest BCUT2D eigenvalue weighted by Gasteiger charge is 2.26. The molecule has 29 heavy (non-hydrogen) atoms. The van der Waals surface area contributed by atoms with E-state index in [1.807, 2.05) is 32.0 Å². The lowest BCUT2D eigenvalue weighted by Crippen LogP contribution is -2.46. The molecule has 0 saturated carbocycles. The molecule has 0 N–H and O–H groups in total. The number of carbonyl (C=O) groups excluding carboxylic acids is 1. The van der Waals surface area contributed by atoms with Crippen molar-refractivity contribution in [2.45, 2.75) is 20.4 Å². The smallest absolute Gasteiger partial charge is 0.275 e. The Bertz CT molecular complexity index is 1140. The van der Waals surface area contributed by atoms with Crippen LogP contribution in [-0.4, -0.2) is 44.6 Å². The molecule has 1 aliphatic heterocycles. The number of aromatic nitrogens is 3. The van der Waals surface area contributed by atoms with Crippen LogP contribution in [0.15, 0.2) is 47.7 Å². The van der Waals surface area contributed by atoms with Crippen LogP contribution >= 0.6 is 11.6 Å². The molecule has 2 aromatic heterocycles. The number of nitrogens with zero attached hydrogens (tertiary/aromatic N) is 4. The van der Waals surface area contributed by atoms with E-state index in [0.717, 1.165) is 11.3 Å². The van der Waals surface area contributed by atoms with Gasteiger partial charge in [0, 0.05) is 19.3 Å². The Morgan fingerprint density at radius 2 is 1.97 bits per heavy atom. The van der Waals surface area contributed by atoms with Crippen molar-refractivity contribution in [1.29, 1.82) is 0 Å². The molecule has 1 aromatic carbocycles. The first kappa shape index (κ1) is 19.3. The predicted molar refractivity (Wildman–Crippen MR) is 110 cm³/mol. The first-order chi connectivity index (χ1) is 13.9. The van der Waals surface area contributed by atoms with Crippen molar-refractivity contribution in [1.82, 2.24) is 19.0 Å². The van der Waals surface area contributed by atoms with Gasteiger partial charge in [0.15, 0.2) is 0 Å². The normalized spacial score (nSPS) is 13.5. The van der Waals surface area contributed by atoms with Crippen LogP contribution in [0.2, 0.25) is 5.02 Å². The zero-order valence-electron chi connectivity index (χ0n) is 16.3. The Hall–Kier alpha value is -3.06. The molecule has 7 nitrogen and oxygen atoms in total. The van der Waals surface area contributed by atoms with E-state index in [1.165, 1.54) is 4.57 Å². The van der Waals surface area contributed by atoms with Gasteiger partial charge in [-0.2, -0.15) is 0 Å². The molecular weight excluding hydrogens is 392 g/mol. The summed E-state index contributed by atoms with van der Waals surface area (Å²) in [7, 11) is 0. The number of rotatable bonds is 5. The van der Waals surface area contributed by atoms with Crippen LogP contribution in [-0.2, 0) is 6.54 Å². The summed E-state index contributed by atoms with van der Waals surface area (Å²) in [5, 5.41) is 0.550. The van der Waals surface area contributed by atoms with Gasteiger partial charge in [-0.15, -0.1) is 0 Å². The standard InChI is InChI=1S/C21H21ClN4O3/c1-14-3-6-19(16(22)11-14)29-10-9-24-7-8-26-18(20(24)27)5-4-17(21(26)28)25-12-15(2)23-13-25/h3-6,11-13H,7-10H2,1-2H3. The minimum Gasteiger partial charge on any atom is -0.490 e. The largest absolute Gasteiger partial charge is 0.490 e. The Morgan fingerprint density at radius 1 is 1.14 bits per heavy atom. The van der Waals surface area contributed by atoms with Crippen molar-refractivity contribution < 1.29 is 9.53 Å². The number of benzene rings is 1. The van der Waals surface area contributed by atoms with Crippen LogP contribution in [0.4, 0.5) is 0 Å². The van der Waals surface area contributed by atoms with Gasteiger partial charge in [0.1, 0.15) is 23.7 Å². The average molecular weight is 413 g/mol. The van der Waals surface area contributed by atoms with E-state index in [1.54, 1.807) is 34.1 Å². The van der Waals surface area contributed by atoms with Crippen molar-refractivity contribution in [2.24, 2.45) is 0 Å². The van der Waals surface area contributed by atoms with Crippen molar-refractivity contribution in [3.63, 3.8) is 0 Å². The second kappa shape index (κ2) is 7.75. The SMILES string of the molecule is Cc1ccc(OCCN2CCn3c(ccc(-n4cnc(C)c4)c3=O)C2=O)c(Cl)c1. The molecule has 1 aliphatic rings. The summed E-state index contributed by atoms with van der Waals surface area (Å²) in [6.45, 7) is 5.45. The van der Waals surface area contributed by atoms with Gasteiger partial charge in [-0.05, 0) is 43.7 Å². The molecule has 0 spiro atoms. The Balaban J connectivity index is 1.47. The minimum atomic E-state index is -0.199. The van der Waals surface area contributed by atoms with Gasteiger partial charge in [0.2, 0.25) is 0 Å². The topological polar surface area (TPSA) is 69.4 Å². The number of fused-ring (bicyclic) bond motifs is 1. The molecule has 150 valence electrons. The van der Waals surface area contributed by atoms with Gasteiger partial charge in [0.25, 0.3) is 11.5 Å². The molecule has 0 bridgehead atoms. The van der Waals surface area contributed by atoms with Crippen LogP contribution < -0.4 is 10.3 Å². The number of pyridine rings is 1. The van der Waals surface area contributed by atoms with Gasteiger partial charge in [-0.1, -0.05) is 17.7 Å². The number of carbonyl (C=O) groups is 1. The first-order valence-corrected chi connectivity index (χ1v) is 9.75. The minimum absolute atomic E-state index is 0.180. The third kappa shape index (κ3) is 3.78. The van der Waals surface area contributed by atoms with Crippen LogP contribution in [0.1, 0.15) is 21.7 Å². The number of amides is 1. The average Bonchev–Trinajstić information content (AvgIpc) is 3.12. The third-order valence-electron chi connectivity index (χ3n) is 4.95. The van der Waals surface area contributed by atoms with E-state index < -0.39 is 0 Å². The van der Waals surface area contributed by atoms with E-state index >= 15 is 0 Å². The summed E-state index contributed by atoms with van der Waals surface area (Å²) < 4.78 is 8.94. The molecular formula is C21H21ClN4O3. The highest BCUT2D eigenvalue weighted by Crippen LogP contribution is 2.25. The maximum atomic E-state index is 12.8. The molecule has 0 saturated heterocycles. The molecule has 0 fully saturated rings. The Kier molecular flexibility index (Phi) is 5.15. The van der Waals surface area contributed by atoms with Crippen molar-refractivity contribution in [3.05, 3.63) is 75.2 Å². The molecule has 1 amide bonds. The van der Waals surface area contributed by atoms with Crippen molar-refractivity contribution in [2.75, 3.05) is 19.7 Å². The maximum Gasteiger partial charge on any atom is 0.275 e. The molecule has 3 aromatic rings. The van der Waals surface area contributed by atoms with E-state index in [2.05, 4.69) is 4.98 Å². The van der Waals surface area contributed by atoms with Crippen LogP contribution in [0.3, 0.4) is 0 Å². The van der Waals surface area contributed by atoms with Gasteiger partial charge < -0.3 is 18.8 Å². The monoisotopic (exact) mass is 412 g/mol. The molecule has 0 atom stereocenters. The Morgan fingerprint density at radius 3 is 2.69 bits per heavy atom. The zero-order chi connectivity index (χ0) is 20.5. The van der Waals surface area contributed by atoms with E-state index in [-0.39, 0.29) is 11.5 Å². The number of imidazole rings is 1. The number of hydrogen-bond donors (Lipinski definition) is 0. The highest BCUT2D eigenvalue weighted by atomic mass is 35.5. The summed E-state index contributed by atoms with van der Waals surface area (Å²) in [6.07, 6.45) is 3.39. The zero-order valence-corrected chi connectivity index (χ0v) is 17.0.